The van der Waals surface area contributed by atoms with Crippen LogP contribution in [0.5, 0.6) is 40.2 Å². The van der Waals surface area contributed by atoms with Crippen LogP contribution in [0.2, 0.25) is 0 Å². The van der Waals surface area contributed by atoms with Crippen molar-refractivity contribution in [1.82, 2.24) is 0 Å². The maximum Gasteiger partial charge on any atom is 0.335 e. The van der Waals surface area contributed by atoms with Crippen LogP contribution in [0.3, 0.4) is 0 Å². The molecule has 6 aromatic carbocycles. The van der Waals surface area contributed by atoms with E-state index in [1.165, 1.54) is 88.3 Å². The van der Waals surface area contributed by atoms with Gasteiger partial charge in [-0.1, -0.05) is 144 Å². The first-order valence-corrected chi connectivity index (χ1v) is 31.1. The summed E-state index contributed by atoms with van der Waals surface area (Å²) >= 11 is 0. The van der Waals surface area contributed by atoms with Gasteiger partial charge in [0.1, 0.15) is 40.2 Å². The highest BCUT2D eigenvalue weighted by molar-refractivity contribution is 5.89. The Kier molecular flexibility index (Phi) is 44.1. The number of rotatable bonds is 34. The molecule has 0 saturated carbocycles. The van der Waals surface area contributed by atoms with Crippen molar-refractivity contribution in [2.24, 2.45) is 0 Å². The number of aromatic hydroxyl groups is 2. The second-order valence-electron chi connectivity index (χ2n) is 20.6. The maximum absolute atomic E-state index is 10.7. The lowest BCUT2D eigenvalue weighted by Crippen LogP contribution is -1.99. The molecule has 0 saturated heterocycles. The standard InChI is InChI=1S/C17H26O3.C14H20O3.C11H14O3.C10H12O3.C10H14O2.C10H14O/c1-2-3-4-5-6-7-8-9-14-20-16-12-10-15(11-13-16)17(18)19;1-2-3-4-5-6-11-17-13-9-7-12(8-10-13)14(15)16;1-2-3-8-14-10-6-4-9(5-7-10)11(12)13;1-2-7-13-9-5-3-8(4-6-9)10(11)12;1-2-3-8-12-10-6-4-9(11)5-7-10;1-3-8(2)9-4-6-10(11)7-5-9/h10-13H,2-9,14H2,1H3,(H,18,19);7-10H,2-6,11H2,1H3,(H,15,16);4-7H,2-3,8H2,1H3,(H,12,13);3-6H,2,7H2,1H3,(H,11,12);4-7,11H,2-3,8H2,1H3;4-8,11H,3H2,1-2H3. The summed E-state index contributed by atoms with van der Waals surface area (Å²) in [4.78, 5) is 42.3. The van der Waals surface area contributed by atoms with Gasteiger partial charge < -0.3 is 54.3 Å². The second kappa shape index (κ2) is 50.0. The Morgan fingerprint density at radius 1 is 0.299 bits per heavy atom. The monoisotopic (exact) mass is 1200 g/mol. The molecule has 1 unspecified atom stereocenters. The largest absolute Gasteiger partial charge is 0.508 e. The summed E-state index contributed by atoms with van der Waals surface area (Å²) in [5, 5.41) is 52.8. The van der Waals surface area contributed by atoms with E-state index in [1.54, 1.807) is 121 Å². The van der Waals surface area contributed by atoms with Crippen molar-refractivity contribution in [3.05, 3.63) is 173 Å². The fourth-order valence-electron chi connectivity index (χ4n) is 7.57. The molecule has 0 bridgehead atoms. The van der Waals surface area contributed by atoms with E-state index < -0.39 is 23.9 Å². The van der Waals surface area contributed by atoms with Crippen LogP contribution in [-0.4, -0.2) is 87.6 Å². The van der Waals surface area contributed by atoms with Crippen LogP contribution in [-0.2, 0) is 0 Å². The van der Waals surface area contributed by atoms with E-state index in [2.05, 4.69) is 41.5 Å². The third-order valence-electron chi connectivity index (χ3n) is 13.1. The molecular weight excluding hydrogens is 1100 g/mol. The molecule has 0 aliphatic carbocycles. The third-order valence-corrected chi connectivity index (χ3v) is 13.1. The first kappa shape index (κ1) is 76.8. The predicted octanol–water partition coefficient (Wildman–Crippen LogP) is 18.9. The molecule has 15 heteroatoms. The topological polar surface area (TPSA) is 236 Å². The molecule has 478 valence electrons. The van der Waals surface area contributed by atoms with E-state index in [1.807, 2.05) is 19.1 Å². The minimum absolute atomic E-state index is 0.276. The average molecular weight is 1210 g/mol. The van der Waals surface area contributed by atoms with Crippen molar-refractivity contribution >= 4 is 23.9 Å². The second-order valence-corrected chi connectivity index (χ2v) is 20.6. The molecule has 87 heavy (non-hydrogen) atoms. The minimum Gasteiger partial charge on any atom is -0.508 e. The first-order valence-electron chi connectivity index (χ1n) is 31.1. The maximum atomic E-state index is 10.7. The zero-order valence-corrected chi connectivity index (χ0v) is 52.8. The van der Waals surface area contributed by atoms with Gasteiger partial charge in [-0.2, -0.15) is 0 Å². The van der Waals surface area contributed by atoms with Gasteiger partial charge in [0.25, 0.3) is 0 Å². The first-order chi connectivity index (χ1) is 42.0. The van der Waals surface area contributed by atoms with Gasteiger partial charge in [0, 0.05) is 0 Å². The Morgan fingerprint density at radius 2 is 0.529 bits per heavy atom. The minimum atomic E-state index is -0.915. The summed E-state index contributed by atoms with van der Waals surface area (Å²) in [7, 11) is 0. The average Bonchev–Trinajstić information content (AvgIpc) is 3.68. The van der Waals surface area contributed by atoms with E-state index in [9.17, 15) is 19.2 Å². The number of phenols is 2. The van der Waals surface area contributed by atoms with Crippen molar-refractivity contribution < 1.29 is 73.5 Å². The zero-order valence-electron chi connectivity index (χ0n) is 52.8. The lowest BCUT2D eigenvalue weighted by molar-refractivity contribution is 0.0686. The van der Waals surface area contributed by atoms with Gasteiger partial charge in [-0.05, 0) is 183 Å². The van der Waals surface area contributed by atoms with Crippen LogP contribution in [0.15, 0.2) is 146 Å². The summed E-state index contributed by atoms with van der Waals surface area (Å²) in [6, 6.07) is 40.2. The van der Waals surface area contributed by atoms with Gasteiger partial charge in [0.2, 0.25) is 0 Å². The van der Waals surface area contributed by atoms with Gasteiger partial charge in [0.15, 0.2) is 0 Å². The van der Waals surface area contributed by atoms with Gasteiger partial charge in [-0.15, -0.1) is 0 Å². The van der Waals surface area contributed by atoms with Crippen LogP contribution in [0.4, 0.5) is 0 Å². The van der Waals surface area contributed by atoms with Crippen LogP contribution < -0.4 is 23.7 Å². The highest BCUT2D eigenvalue weighted by Crippen LogP contribution is 2.22. The lowest BCUT2D eigenvalue weighted by Gasteiger charge is -2.07. The molecule has 6 N–H and O–H groups in total. The SMILES string of the molecule is CCC(C)c1ccc(O)cc1.CCCCCCCCCCOc1ccc(C(=O)O)cc1.CCCCCCCOc1ccc(C(=O)O)cc1.CCCCOc1ccc(C(=O)O)cc1.CCCCOc1ccc(O)cc1.CCCOc1ccc(C(=O)O)cc1. The van der Waals surface area contributed by atoms with Crippen LogP contribution in [0.1, 0.15) is 223 Å². The number of unbranched alkanes of at least 4 members (excludes halogenated alkanes) is 13. The van der Waals surface area contributed by atoms with Crippen LogP contribution >= 0.6 is 0 Å². The molecule has 6 aromatic rings. The summed E-state index contributed by atoms with van der Waals surface area (Å²) < 4.78 is 27.2. The molecule has 0 amide bonds. The Hall–Kier alpha value is -8.20. The normalized spacial score (nSPS) is 10.4. The number of hydrogen-bond acceptors (Lipinski definition) is 11. The van der Waals surface area contributed by atoms with E-state index >= 15 is 0 Å². The van der Waals surface area contributed by atoms with Crippen molar-refractivity contribution in [3.8, 4) is 40.2 Å². The van der Waals surface area contributed by atoms with Crippen molar-refractivity contribution in [2.75, 3.05) is 33.0 Å². The number of carboxylic acid groups (broad SMARTS) is 4. The fourth-order valence-corrected chi connectivity index (χ4v) is 7.57. The van der Waals surface area contributed by atoms with E-state index in [0.29, 0.717) is 55.0 Å². The summed E-state index contributed by atoms with van der Waals surface area (Å²) in [6.07, 6.45) is 22.7. The molecule has 1 atom stereocenters. The zero-order chi connectivity index (χ0) is 64.3. The summed E-state index contributed by atoms with van der Waals surface area (Å²) in [5.41, 5.74) is 2.45. The van der Waals surface area contributed by atoms with Gasteiger partial charge in [-0.3, -0.25) is 0 Å². The van der Waals surface area contributed by atoms with E-state index in [4.69, 9.17) is 54.3 Å². The molecule has 6 rings (SSSR count). The molecule has 0 heterocycles. The fraction of sp³-hybridized carbons (Fsp3) is 0.444. The van der Waals surface area contributed by atoms with E-state index in [-0.39, 0.29) is 16.9 Å². The molecule has 0 fully saturated rings. The summed E-state index contributed by atoms with van der Waals surface area (Å²) in [6.45, 7) is 18.5. The van der Waals surface area contributed by atoms with Gasteiger partial charge in [-0.25, -0.2) is 19.2 Å². The van der Waals surface area contributed by atoms with Crippen molar-refractivity contribution in [3.63, 3.8) is 0 Å². The predicted molar refractivity (Wildman–Crippen MR) is 347 cm³/mol. The number of aromatic carboxylic acids is 4. The van der Waals surface area contributed by atoms with Gasteiger partial charge in [0.05, 0.1) is 55.3 Å². The van der Waals surface area contributed by atoms with Crippen molar-refractivity contribution in [2.45, 2.75) is 176 Å². The number of carbonyl (C=O) groups is 4. The summed E-state index contributed by atoms with van der Waals surface area (Å²) in [5.74, 6) is 1.33. The molecular formula is C72H100O15. The Bertz CT molecular complexity index is 2660. The Labute approximate surface area is 518 Å². The van der Waals surface area contributed by atoms with Crippen molar-refractivity contribution in [1.29, 1.82) is 0 Å². The number of phenolic OH excluding ortho intramolecular Hbond substituents is 2. The number of ether oxygens (including phenoxy) is 5. The molecule has 0 aliphatic heterocycles. The Morgan fingerprint density at radius 3 is 0.782 bits per heavy atom. The number of hydrogen-bond donors (Lipinski definition) is 6. The smallest absolute Gasteiger partial charge is 0.335 e. The van der Waals surface area contributed by atoms with Gasteiger partial charge >= 0.3 is 23.9 Å². The molecule has 0 spiro atoms. The quantitative estimate of drug-likeness (QED) is 0.0206. The molecule has 0 radical (unpaired) electrons. The molecule has 0 aromatic heterocycles. The molecule has 15 nitrogen and oxygen atoms in total. The van der Waals surface area contributed by atoms with E-state index in [0.717, 1.165) is 81.0 Å². The highest BCUT2D eigenvalue weighted by atomic mass is 16.5. The number of carboxylic acids is 4. The highest BCUT2D eigenvalue weighted by Gasteiger charge is 2.06. The molecule has 0 aliphatic rings. The Balaban J connectivity index is 0.000000528. The number of benzene rings is 6. The van der Waals surface area contributed by atoms with Crippen LogP contribution in [0, 0.1) is 0 Å². The van der Waals surface area contributed by atoms with Crippen LogP contribution in [0.25, 0.3) is 0 Å². The third kappa shape index (κ3) is 39.2. The lowest BCUT2D eigenvalue weighted by atomic mass is 9.99.